The van der Waals surface area contributed by atoms with Crippen molar-refractivity contribution in [2.75, 3.05) is 39.9 Å². The molecule has 0 fully saturated rings. The fourth-order valence-corrected chi connectivity index (χ4v) is 3.22. The Balaban J connectivity index is 0.000000678. The maximum Gasteiger partial charge on any atom is 0.414 e. The normalized spacial score (nSPS) is 10.1. The van der Waals surface area contributed by atoms with Gasteiger partial charge in [-0.2, -0.15) is 0 Å². The van der Waals surface area contributed by atoms with Crippen LogP contribution >= 0.6 is 0 Å². The number of nitrogens with one attached hydrogen (secondary N) is 1. The van der Waals surface area contributed by atoms with E-state index in [1.54, 1.807) is 21.3 Å². The van der Waals surface area contributed by atoms with E-state index < -0.39 is 11.9 Å². The number of hydrogen-bond acceptors (Lipinski definition) is 8. The highest BCUT2D eigenvalue weighted by atomic mass is 16.5. The second kappa shape index (κ2) is 14.2. The molecule has 0 saturated heterocycles. The van der Waals surface area contributed by atoms with Gasteiger partial charge in [0.2, 0.25) is 5.95 Å². The van der Waals surface area contributed by atoms with Gasteiger partial charge in [-0.15, -0.1) is 0 Å². The average molecular weight is 502 g/mol. The van der Waals surface area contributed by atoms with Crippen molar-refractivity contribution < 1.29 is 38.7 Å². The third-order valence-electron chi connectivity index (χ3n) is 4.92. The number of carboxylic acids is 2. The monoisotopic (exact) mass is 501 g/mol. The molecule has 1 heterocycles. The Kier molecular flexibility index (Phi) is 11.1. The van der Waals surface area contributed by atoms with Crippen LogP contribution in [0, 0.1) is 0 Å². The molecule has 194 valence electrons. The van der Waals surface area contributed by atoms with Crippen LogP contribution in [-0.4, -0.2) is 66.2 Å². The molecule has 0 aliphatic heterocycles. The van der Waals surface area contributed by atoms with Crippen molar-refractivity contribution in [3.05, 3.63) is 54.2 Å². The molecule has 0 unspecified atom stereocenters. The van der Waals surface area contributed by atoms with Crippen LogP contribution in [0.5, 0.6) is 17.2 Å². The van der Waals surface area contributed by atoms with Gasteiger partial charge in [0.25, 0.3) is 0 Å². The minimum Gasteiger partial charge on any atom is -0.494 e. The summed E-state index contributed by atoms with van der Waals surface area (Å²) in [6, 6.07) is 13.9. The number of aromatic nitrogens is 2. The minimum absolute atomic E-state index is 0.589. The van der Waals surface area contributed by atoms with E-state index in [0.29, 0.717) is 37.8 Å². The summed E-state index contributed by atoms with van der Waals surface area (Å²) in [5, 5.41) is 18.2. The first-order valence-electron chi connectivity index (χ1n) is 11.0. The quantitative estimate of drug-likeness (QED) is 0.335. The van der Waals surface area contributed by atoms with Gasteiger partial charge < -0.3 is 39.0 Å². The molecule has 3 aromatic rings. The lowest BCUT2D eigenvalue weighted by Crippen LogP contribution is -2.11. The number of nitrogens with zero attached hydrogens (tertiary/aromatic N) is 2. The SMILES string of the molecule is CCOc1ccc(-c2cnc(NCc3ccc(OC)c(OC)c3)n2CCOC)cc1.O=C(O)C(=O)O. The lowest BCUT2D eigenvalue weighted by Gasteiger charge is -2.14. The highest BCUT2D eigenvalue weighted by Crippen LogP contribution is 2.29. The first kappa shape index (κ1) is 28.0. The number of methoxy groups -OCH3 is 3. The van der Waals surface area contributed by atoms with Crippen molar-refractivity contribution in [3.8, 4) is 28.5 Å². The highest BCUT2D eigenvalue weighted by molar-refractivity contribution is 6.27. The van der Waals surface area contributed by atoms with E-state index >= 15 is 0 Å². The summed E-state index contributed by atoms with van der Waals surface area (Å²) in [6.45, 7) is 4.51. The number of carboxylic acid groups (broad SMARTS) is 2. The molecule has 2 aromatic carbocycles. The Hall–Kier alpha value is -4.25. The van der Waals surface area contributed by atoms with E-state index in [0.717, 1.165) is 28.5 Å². The smallest absolute Gasteiger partial charge is 0.414 e. The van der Waals surface area contributed by atoms with Gasteiger partial charge in [0.05, 0.1) is 39.3 Å². The zero-order valence-electron chi connectivity index (χ0n) is 20.7. The van der Waals surface area contributed by atoms with Gasteiger partial charge in [-0.25, -0.2) is 14.6 Å². The molecule has 3 N–H and O–H groups in total. The first-order chi connectivity index (χ1) is 17.3. The van der Waals surface area contributed by atoms with Gasteiger partial charge in [0.15, 0.2) is 11.5 Å². The van der Waals surface area contributed by atoms with Crippen LogP contribution in [0.4, 0.5) is 5.95 Å². The van der Waals surface area contributed by atoms with Crippen molar-refractivity contribution in [3.63, 3.8) is 0 Å². The van der Waals surface area contributed by atoms with Gasteiger partial charge >= 0.3 is 11.9 Å². The van der Waals surface area contributed by atoms with Crippen molar-refractivity contribution in [1.29, 1.82) is 0 Å². The Morgan fingerprint density at radius 1 is 0.972 bits per heavy atom. The molecule has 3 rings (SSSR count). The van der Waals surface area contributed by atoms with Crippen molar-refractivity contribution in [2.45, 2.75) is 20.0 Å². The molecule has 11 heteroatoms. The van der Waals surface area contributed by atoms with E-state index in [-0.39, 0.29) is 0 Å². The summed E-state index contributed by atoms with van der Waals surface area (Å²) in [4.78, 5) is 22.8. The number of rotatable bonds is 11. The lowest BCUT2D eigenvalue weighted by molar-refractivity contribution is -0.159. The third-order valence-corrected chi connectivity index (χ3v) is 4.92. The molecule has 0 aliphatic carbocycles. The minimum atomic E-state index is -1.82. The van der Waals surface area contributed by atoms with Gasteiger partial charge in [-0.05, 0) is 48.9 Å². The summed E-state index contributed by atoms with van der Waals surface area (Å²) in [6.07, 6.45) is 1.88. The summed E-state index contributed by atoms with van der Waals surface area (Å²) >= 11 is 0. The van der Waals surface area contributed by atoms with E-state index in [1.807, 2.05) is 55.6 Å². The van der Waals surface area contributed by atoms with Gasteiger partial charge in [0, 0.05) is 25.8 Å². The van der Waals surface area contributed by atoms with Crippen LogP contribution in [0.25, 0.3) is 11.3 Å². The van der Waals surface area contributed by atoms with Crippen LogP contribution in [0.15, 0.2) is 48.7 Å². The molecule has 36 heavy (non-hydrogen) atoms. The van der Waals surface area contributed by atoms with Crippen molar-refractivity contribution >= 4 is 17.9 Å². The zero-order valence-corrected chi connectivity index (χ0v) is 20.7. The number of aliphatic carboxylic acids is 2. The molecule has 0 atom stereocenters. The topological polar surface area (TPSA) is 141 Å². The predicted molar refractivity (Wildman–Crippen MR) is 133 cm³/mol. The summed E-state index contributed by atoms with van der Waals surface area (Å²) in [5.41, 5.74) is 3.16. The van der Waals surface area contributed by atoms with Crippen LogP contribution in [0.2, 0.25) is 0 Å². The number of carbonyl (C=O) groups is 2. The van der Waals surface area contributed by atoms with E-state index in [9.17, 15) is 0 Å². The number of hydrogen-bond donors (Lipinski definition) is 3. The van der Waals surface area contributed by atoms with Crippen molar-refractivity contribution in [1.82, 2.24) is 9.55 Å². The Morgan fingerprint density at radius 2 is 1.64 bits per heavy atom. The largest absolute Gasteiger partial charge is 0.494 e. The number of imidazole rings is 1. The average Bonchev–Trinajstić information content (AvgIpc) is 3.29. The Labute approximate surface area is 209 Å². The van der Waals surface area contributed by atoms with Gasteiger partial charge in [-0.3, -0.25) is 0 Å². The standard InChI is InChI=1S/C23H29N3O4.C2H2O4/c1-5-30-19-9-7-18(8-10-19)20-16-25-23(26(20)12-13-27-2)24-15-17-6-11-21(28-3)22(14-17)29-4;3-1(4)2(5)6/h6-11,14,16H,5,12-13,15H2,1-4H3,(H,24,25);(H,3,4)(H,5,6). The number of benzene rings is 2. The van der Waals surface area contributed by atoms with E-state index in [4.69, 9.17) is 38.7 Å². The van der Waals surface area contributed by atoms with E-state index in [1.165, 1.54) is 0 Å². The number of anilines is 1. The Morgan fingerprint density at radius 3 is 2.19 bits per heavy atom. The summed E-state index contributed by atoms with van der Waals surface area (Å²) in [7, 11) is 4.96. The maximum atomic E-state index is 9.10. The first-order valence-corrected chi connectivity index (χ1v) is 11.0. The van der Waals surface area contributed by atoms with Crippen LogP contribution in [0.3, 0.4) is 0 Å². The van der Waals surface area contributed by atoms with Crippen molar-refractivity contribution in [2.24, 2.45) is 0 Å². The molecule has 1 aromatic heterocycles. The van der Waals surface area contributed by atoms with Crippen LogP contribution < -0.4 is 19.5 Å². The van der Waals surface area contributed by atoms with E-state index in [2.05, 4.69) is 14.9 Å². The molecule has 0 amide bonds. The molecule has 11 nitrogen and oxygen atoms in total. The second-order valence-electron chi connectivity index (χ2n) is 7.22. The van der Waals surface area contributed by atoms with Crippen LogP contribution in [-0.2, 0) is 27.4 Å². The second-order valence-corrected chi connectivity index (χ2v) is 7.22. The molecule has 0 aliphatic rings. The fraction of sp³-hybridized carbons (Fsp3) is 0.320. The molecule has 0 saturated carbocycles. The number of ether oxygens (including phenoxy) is 4. The fourth-order valence-electron chi connectivity index (χ4n) is 3.22. The van der Waals surface area contributed by atoms with Gasteiger partial charge in [0.1, 0.15) is 5.75 Å². The molecular formula is C25H31N3O8. The molecular weight excluding hydrogens is 470 g/mol. The zero-order chi connectivity index (χ0) is 26.5. The molecule has 0 spiro atoms. The summed E-state index contributed by atoms with van der Waals surface area (Å²) in [5.74, 6) is -0.595. The molecule has 0 bridgehead atoms. The maximum absolute atomic E-state index is 9.10. The highest BCUT2D eigenvalue weighted by Gasteiger charge is 2.13. The predicted octanol–water partition coefficient (Wildman–Crippen LogP) is 3.38. The third kappa shape index (κ3) is 7.91. The molecule has 0 radical (unpaired) electrons. The Bertz CT molecular complexity index is 1120. The van der Waals surface area contributed by atoms with Crippen LogP contribution in [0.1, 0.15) is 12.5 Å². The lowest BCUT2D eigenvalue weighted by atomic mass is 10.1. The van der Waals surface area contributed by atoms with Gasteiger partial charge in [-0.1, -0.05) is 6.07 Å². The summed E-state index contributed by atoms with van der Waals surface area (Å²) < 4.78 is 23.7.